The maximum atomic E-state index is 13.4. The number of nitrogens with one attached hydrogen (secondary N) is 1. The second kappa shape index (κ2) is 15.8. The molecule has 0 unspecified atom stereocenters. The Bertz CT molecular complexity index is 1170. The number of nitrogen functional groups attached to an aromatic ring is 1. The van der Waals surface area contributed by atoms with Crippen molar-refractivity contribution in [2.45, 2.75) is 46.3 Å². The molecule has 2 aromatic carbocycles. The zero-order valence-electron chi connectivity index (χ0n) is 22.8. The summed E-state index contributed by atoms with van der Waals surface area (Å²) in [4.78, 5) is 39.4. The SMILES string of the molecule is C=CCN(C(=O)/C(C)=C/c1ccc(COc2ccc(C(=N)N)cc2)cc1)[C@@H](CCC(=O)OCC)C(=O)OCC. The molecule has 0 radical (unpaired) electrons. The highest BCUT2D eigenvalue weighted by Gasteiger charge is 2.31. The van der Waals surface area contributed by atoms with Crippen molar-refractivity contribution in [2.24, 2.45) is 5.73 Å². The average Bonchev–Trinajstić information content (AvgIpc) is 2.92. The van der Waals surface area contributed by atoms with E-state index in [1.54, 1.807) is 51.1 Å². The third-order valence-electron chi connectivity index (χ3n) is 5.72. The summed E-state index contributed by atoms with van der Waals surface area (Å²) in [5.74, 6) is -0.725. The molecule has 0 aliphatic carbocycles. The number of nitrogens with two attached hydrogens (primary N) is 1. The van der Waals surface area contributed by atoms with Crippen molar-refractivity contribution in [1.82, 2.24) is 4.90 Å². The number of amides is 1. The minimum absolute atomic E-state index is 0.000306. The molecule has 208 valence electrons. The van der Waals surface area contributed by atoms with Gasteiger partial charge < -0.3 is 24.8 Å². The Morgan fingerprint density at radius 3 is 2.23 bits per heavy atom. The van der Waals surface area contributed by atoms with Crippen LogP contribution in [0.1, 0.15) is 50.3 Å². The summed E-state index contributed by atoms with van der Waals surface area (Å²) < 4.78 is 16.0. The zero-order chi connectivity index (χ0) is 28.8. The van der Waals surface area contributed by atoms with Crippen molar-refractivity contribution in [2.75, 3.05) is 19.8 Å². The van der Waals surface area contributed by atoms with Gasteiger partial charge in [0.05, 0.1) is 13.2 Å². The molecule has 0 saturated heterocycles. The lowest BCUT2D eigenvalue weighted by molar-refractivity contribution is -0.154. The van der Waals surface area contributed by atoms with Gasteiger partial charge in [-0.15, -0.1) is 6.58 Å². The molecule has 2 aromatic rings. The first-order valence-electron chi connectivity index (χ1n) is 12.8. The van der Waals surface area contributed by atoms with Gasteiger partial charge in [0.25, 0.3) is 5.91 Å². The number of amidine groups is 1. The molecule has 1 amide bonds. The van der Waals surface area contributed by atoms with Crippen molar-refractivity contribution < 1.29 is 28.6 Å². The van der Waals surface area contributed by atoms with E-state index in [1.165, 1.54) is 11.0 Å². The summed E-state index contributed by atoms with van der Waals surface area (Å²) in [7, 11) is 0. The number of carbonyl (C=O) groups excluding carboxylic acids is 3. The van der Waals surface area contributed by atoms with E-state index in [4.69, 9.17) is 25.4 Å². The minimum Gasteiger partial charge on any atom is -0.489 e. The maximum Gasteiger partial charge on any atom is 0.328 e. The average molecular weight is 536 g/mol. The summed E-state index contributed by atoms with van der Waals surface area (Å²) in [5.41, 5.74) is 8.25. The van der Waals surface area contributed by atoms with Crippen molar-refractivity contribution in [3.8, 4) is 5.75 Å². The van der Waals surface area contributed by atoms with E-state index in [9.17, 15) is 14.4 Å². The molecule has 0 saturated carbocycles. The fraction of sp³-hybridized carbons (Fsp3) is 0.333. The van der Waals surface area contributed by atoms with Crippen LogP contribution in [0.3, 0.4) is 0 Å². The predicted molar refractivity (Wildman–Crippen MR) is 150 cm³/mol. The highest BCUT2D eigenvalue weighted by Crippen LogP contribution is 2.18. The molecule has 9 heteroatoms. The van der Waals surface area contributed by atoms with Gasteiger partial charge in [0.2, 0.25) is 0 Å². The standard InChI is InChI=1S/C30H37N3O6/c1-5-18-33(26(30(36)38-7-3)16-17-27(34)37-6-2)29(35)21(4)19-22-8-10-23(11-9-22)20-39-25-14-12-24(13-15-25)28(31)32/h5,8-15,19,26H,1,6-7,16-18,20H2,2-4H3,(H3,31,32)/b21-19+/t26-/m0/s1. The van der Waals surface area contributed by atoms with Crippen LogP contribution in [0.25, 0.3) is 6.08 Å². The lowest BCUT2D eigenvalue weighted by atomic mass is 10.1. The molecular weight excluding hydrogens is 498 g/mol. The van der Waals surface area contributed by atoms with Gasteiger partial charge in [-0.25, -0.2) is 4.79 Å². The maximum absolute atomic E-state index is 13.4. The molecule has 0 aromatic heterocycles. The summed E-state index contributed by atoms with van der Waals surface area (Å²) in [6.45, 7) is 9.62. The summed E-state index contributed by atoms with van der Waals surface area (Å²) in [5, 5.41) is 7.45. The number of nitrogens with zero attached hydrogens (tertiary/aromatic N) is 1. The summed E-state index contributed by atoms with van der Waals surface area (Å²) in [6.07, 6.45) is 3.32. The normalized spacial score (nSPS) is 11.7. The molecule has 0 spiro atoms. The van der Waals surface area contributed by atoms with Crippen LogP contribution in [0, 0.1) is 5.41 Å². The number of ether oxygens (including phenoxy) is 3. The molecule has 0 aliphatic rings. The van der Waals surface area contributed by atoms with Crippen LogP contribution >= 0.6 is 0 Å². The molecule has 39 heavy (non-hydrogen) atoms. The largest absolute Gasteiger partial charge is 0.489 e. The number of benzene rings is 2. The molecule has 0 fully saturated rings. The van der Waals surface area contributed by atoms with Gasteiger partial charge in [-0.05, 0) is 68.7 Å². The first-order valence-corrected chi connectivity index (χ1v) is 12.8. The second-order valence-electron chi connectivity index (χ2n) is 8.65. The lowest BCUT2D eigenvalue weighted by Crippen LogP contribution is -2.46. The van der Waals surface area contributed by atoms with Gasteiger partial charge in [-0.1, -0.05) is 30.3 Å². The Labute approximate surface area is 229 Å². The fourth-order valence-corrected chi connectivity index (χ4v) is 3.76. The Morgan fingerprint density at radius 2 is 1.67 bits per heavy atom. The van der Waals surface area contributed by atoms with Crippen LogP contribution in [0.5, 0.6) is 5.75 Å². The van der Waals surface area contributed by atoms with E-state index in [0.29, 0.717) is 23.5 Å². The smallest absolute Gasteiger partial charge is 0.328 e. The molecular formula is C30H37N3O6. The molecule has 2 rings (SSSR count). The Balaban J connectivity index is 2.12. The van der Waals surface area contributed by atoms with Gasteiger partial charge in [-0.2, -0.15) is 0 Å². The molecule has 0 aliphatic heterocycles. The number of hydrogen-bond donors (Lipinski definition) is 2. The molecule has 9 nitrogen and oxygen atoms in total. The number of hydrogen-bond acceptors (Lipinski definition) is 7. The molecule has 1 atom stereocenters. The van der Waals surface area contributed by atoms with Crippen LogP contribution < -0.4 is 10.5 Å². The van der Waals surface area contributed by atoms with Crippen molar-refractivity contribution in [3.05, 3.63) is 83.4 Å². The van der Waals surface area contributed by atoms with Crippen LogP contribution in [0.15, 0.2) is 66.8 Å². The van der Waals surface area contributed by atoms with Gasteiger partial charge in [0, 0.05) is 24.1 Å². The van der Waals surface area contributed by atoms with E-state index in [2.05, 4.69) is 6.58 Å². The van der Waals surface area contributed by atoms with Crippen LogP contribution in [-0.4, -0.2) is 54.4 Å². The topological polar surface area (TPSA) is 132 Å². The Kier molecular flexibility index (Phi) is 12.5. The second-order valence-corrected chi connectivity index (χ2v) is 8.65. The quantitative estimate of drug-likeness (QED) is 0.115. The van der Waals surface area contributed by atoms with E-state index in [-0.39, 0.29) is 44.3 Å². The third-order valence-corrected chi connectivity index (χ3v) is 5.72. The van der Waals surface area contributed by atoms with Crippen molar-refractivity contribution in [1.29, 1.82) is 5.41 Å². The number of carbonyl (C=O) groups is 3. The Hall–Kier alpha value is -4.40. The molecule has 0 bridgehead atoms. The van der Waals surface area contributed by atoms with E-state index in [1.807, 2.05) is 24.3 Å². The highest BCUT2D eigenvalue weighted by molar-refractivity contribution is 5.99. The van der Waals surface area contributed by atoms with Crippen molar-refractivity contribution in [3.63, 3.8) is 0 Å². The van der Waals surface area contributed by atoms with Gasteiger partial charge in [-0.3, -0.25) is 15.0 Å². The van der Waals surface area contributed by atoms with Crippen molar-refractivity contribution >= 4 is 29.8 Å². The predicted octanol–water partition coefficient (Wildman–Crippen LogP) is 4.24. The highest BCUT2D eigenvalue weighted by atomic mass is 16.5. The molecule has 3 N–H and O–H groups in total. The third kappa shape index (κ3) is 9.77. The van der Waals surface area contributed by atoms with E-state index in [0.717, 1.165) is 11.1 Å². The lowest BCUT2D eigenvalue weighted by Gasteiger charge is -2.29. The monoisotopic (exact) mass is 535 g/mol. The summed E-state index contributed by atoms with van der Waals surface area (Å²) >= 11 is 0. The first-order chi connectivity index (χ1) is 18.7. The number of esters is 2. The van der Waals surface area contributed by atoms with Crippen LogP contribution in [0.2, 0.25) is 0 Å². The molecule has 0 heterocycles. The van der Waals surface area contributed by atoms with Gasteiger partial charge >= 0.3 is 11.9 Å². The Morgan fingerprint density at radius 1 is 1.03 bits per heavy atom. The van der Waals surface area contributed by atoms with Crippen LogP contribution in [0.4, 0.5) is 0 Å². The van der Waals surface area contributed by atoms with E-state index < -0.39 is 18.0 Å². The summed E-state index contributed by atoms with van der Waals surface area (Å²) in [6, 6.07) is 13.6. The van der Waals surface area contributed by atoms with Gasteiger partial charge in [0.15, 0.2) is 0 Å². The van der Waals surface area contributed by atoms with E-state index >= 15 is 0 Å². The first kappa shape index (κ1) is 30.8. The number of rotatable bonds is 15. The fourth-order valence-electron chi connectivity index (χ4n) is 3.76. The minimum atomic E-state index is -0.952. The zero-order valence-corrected chi connectivity index (χ0v) is 22.8. The van der Waals surface area contributed by atoms with Crippen LogP contribution in [-0.2, 0) is 30.5 Å². The van der Waals surface area contributed by atoms with Gasteiger partial charge in [0.1, 0.15) is 24.2 Å².